The van der Waals surface area contributed by atoms with E-state index in [1.54, 1.807) is 0 Å². The van der Waals surface area contributed by atoms with Gasteiger partial charge in [-0.2, -0.15) is 0 Å². The summed E-state index contributed by atoms with van der Waals surface area (Å²) in [6.45, 7) is 4.27. The number of fused-ring (bicyclic) bond motifs is 3. The first-order valence-electron chi connectivity index (χ1n) is 6.26. The molecule has 2 aromatic heterocycles. The van der Waals surface area contributed by atoms with E-state index in [2.05, 4.69) is 29.9 Å². The highest BCUT2D eigenvalue weighted by Gasteiger charge is 2.13. The summed E-state index contributed by atoms with van der Waals surface area (Å²) in [4.78, 5) is 18.4. The van der Waals surface area contributed by atoms with Crippen LogP contribution in [0.2, 0.25) is 0 Å². The molecule has 0 aliphatic heterocycles. The van der Waals surface area contributed by atoms with Crippen molar-refractivity contribution in [1.82, 2.24) is 14.4 Å². The Kier molecular flexibility index (Phi) is 2.55. The van der Waals surface area contributed by atoms with E-state index in [0.29, 0.717) is 17.4 Å². The van der Waals surface area contributed by atoms with Gasteiger partial charge in [-0.05, 0) is 17.5 Å². The van der Waals surface area contributed by atoms with Crippen molar-refractivity contribution in [3.63, 3.8) is 0 Å². The van der Waals surface area contributed by atoms with E-state index < -0.39 is 5.97 Å². The van der Waals surface area contributed by atoms with Crippen molar-refractivity contribution in [2.75, 3.05) is 0 Å². The number of hydrogen-bond acceptors (Lipinski definition) is 2. The Morgan fingerprint density at radius 2 is 2.26 bits per heavy atom. The molecule has 0 radical (unpaired) electrons. The highest BCUT2D eigenvalue weighted by atomic mass is 16.4. The molecule has 0 spiro atoms. The van der Waals surface area contributed by atoms with Crippen LogP contribution in [-0.4, -0.2) is 25.4 Å². The lowest BCUT2D eigenvalue weighted by molar-refractivity contribution is -0.136. The highest BCUT2D eigenvalue weighted by Crippen LogP contribution is 2.25. The van der Waals surface area contributed by atoms with Gasteiger partial charge in [-0.1, -0.05) is 26.0 Å². The summed E-state index contributed by atoms with van der Waals surface area (Å²) >= 11 is 0. The number of aromatic amines is 1. The Morgan fingerprint density at radius 1 is 1.47 bits per heavy atom. The van der Waals surface area contributed by atoms with Crippen molar-refractivity contribution < 1.29 is 9.90 Å². The smallest absolute Gasteiger partial charge is 0.309 e. The van der Waals surface area contributed by atoms with Crippen LogP contribution in [0.15, 0.2) is 24.4 Å². The first-order valence-corrected chi connectivity index (χ1v) is 6.26. The average molecular weight is 257 g/mol. The zero-order valence-electron chi connectivity index (χ0n) is 10.8. The minimum atomic E-state index is -0.850. The fraction of sp³-hybridized carbons (Fsp3) is 0.286. The van der Waals surface area contributed by atoms with Gasteiger partial charge < -0.3 is 10.1 Å². The first-order chi connectivity index (χ1) is 9.06. The van der Waals surface area contributed by atoms with Crippen LogP contribution < -0.4 is 0 Å². The van der Waals surface area contributed by atoms with Crippen molar-refractivity contribution in [3.8, 4) is 0 Å². The van der Waals surface area contributed by atoms with Gasteiger partial charge in [-0.3, -0.25) is 9.20 Å². The monoisotopic (exact) mass is 257 g/mol. The van der Waals surface area contributed by atoms with E-state index in [1.807, 2.05) is 22.7 Å². The van der Waals surface area contributed by atoms with Gasteiger partial charge in [0.25, 0.3) is 0 Å². The summed E-state index contributed by atoms with van der Waals surface area (Å²) in [6, 6.07) is 6.09. The van der Waals surface area contributed by atoms with Crippen LogP contribution in [-0.2, 0) is 11.2 Å². The van der Waals surface area contributed by atoms with E-state index in [4.69, 9.17) is 5.11 Å². The summed E-state index contributed by atoms with van der Waals surface area (Å²) < 4.78 is 1.92. The third-order valence-electron chi connectivity index (χ3n) is 3.27. The maximum atomic E-state index is 10.7. The Hall–Kier alpha value is -2.30. The number of H-pyrrole nitrogens is 1. The SMILES string of the molecule is CC(C)c1cccc2c1nc1[nH]c(CC(=O)O)cn12. The van der Waals surface area contributed by atoms with Crippen molar-refractivity contribution in [3.05, 3.63) is 35.7 Å². The predicted molar refractivity (Wildman–Crippen MR) is 72.5 cm³/mol. The number of carboxylic acid groups (broad SMARTS) is 1. The van der Waals surface area contributed by atoms with Gasteiger partial charge in [-0.25, -0.2) is 4.98 Å². The van der Waals surface area contributed by atoms with Gasteiger partial charge in [0, 0.05) is 11.9 Å². The summed E-state index contributed by atoms with van der Waals surface area (Å²) in [5.74, 6) is 0.248. The first kappa shape index (κ1) is 11.8. The molecule has 0 bridgehead atoms. The molecule has 3 aromatic rings. The van der Waals surface area contributed by atoms with E-state index in [-0.39, 0.29) is 6.42 Å². The second-order valence-electron chi connectivity index (χ2n) is 5.02. The third kappa shape index (κ3) is 1.87. The standard InChI is InChI=1S/C14H15N3O2/c1-8(2)10-4-3-5-11-13(10)16-14-15-9(6-12(18)19)7-17(11)14/h3-5,7-8H,6H2,1-2H3,(H,15,16)(H,18,19). The van der Waals surface area contributed by atoms with Crippen LogP contribution in [0.3, 0.4) is 0 Å². The molecule has 3 rings (SSSR count). The van der Waals surface area contributed by atoms with Gasteiger partial charge in [0.15, 0.2) is 0 Å². The zero-order valence-corrected chi connectivity index (χ0v) is 10.8. The van der Waals surface area contributed by atoms with Gasteiger partial charge >= 0.3 is 5.97 Å². The highest BCUT2D eigenvalue weighted by molar-refractivity contribution is 5.83. The van der Waals surface area contributed by atoms with Crippen molar-refractivity contribution in [1.29, 1.82) is 0 Å². The molecule has 0 atom stereocenters. The molecule has 0 unspecified atom stereocenters. The van der Waals surface area contributed by atoms with Gasteiger partial charge in [0.1, 0.15) is 0 Å². The quantitative estimate of drug-likeness (QED) is 0.757. The van der Waals surface area contributed by atoms with Crippen molar-refractivity contribution in [2.45, 2.75) is 26.2 Å². The summed E-state index contributed by atoms with van der Waals surface area (Å²) in [5.41, 5.74) is 3.85. The minimum Gasteiger partial charge on any atom is -0.481 e. The molecule has 98 valence electrons. The fourth-order valence-corrected chi connectivity index (χ4v) is 2.41. The van der Waals surface area contributed by atoms with Crippen LogP contribution in [0.4, 0.5) is 0 Å². The number of hydrogen-bond donors (Lipinski definition) is 2. The van der Waals surface area contributed by atoms with Gasteiger partial charge in [-0.15, -0.1) is 0 Å². The second-order valence-corrected chi connectivity index (χ2v) is 5.02. The number of para-hydroxylation sites is 1. The Labute approximate surface area is 109 Å². The predicted octanol–water partition coefficient (Wildman–Crippen LogP) is 2.57. The van der Waals surface area contributed by atoms with Crippen LogP contribution in [0.5, 0.6) is 0 Å². The third-order valence-corrected chi connectivity index (χ3v) is 3.27. The summed E-state index contributed by atoms with van der Waals surface area (Å²) in [6.07, 6.45) is 1.79. The molecule has 19 heavy (non-hydrogen) atoms. The molecule has 0 aliphatic carbocycles. The van der Waals surface area contributed by atoms with Crippen molar-refractivity contribution in [2.24, 2.45) is 0 Å². The molecule has 5 heteroatoms. The molecule has 0 saturated heterocycles. The molecule has 1 aromatic carbocycles. The molecule has 0 fully saturated rings. The largest absolute Gasteiger partial charge is 0.481 e. The molecule has 2 N–H and O–H groups in total. The van der Waals surface area contributed by atoms with E-state index in [9.17, 15) is 4.79 Å². The second kappa shape index (κ2) is 4.12. The minimum absolute atomic E-state index is 0.0191. The van der Waals surface area contributed by atoms with Gasteiger partial charge in [0.05, 0.1) is 17.5 Å². The Balaban J connectivity index is 2.22. The Bertz CT molecular complexity index is 768. The Morgan fingerprint density at radius 3 is 2.95 bits per heavy atom. The maximum Gasteiger partial charge on any atom is 0.309 e. The van der Waals surface area contributed by atoms with Crippen LogP contribution >= 0.6 is 0 Å². The lowest BCUT2D eigenvalue weighted by Crippen LogP contribution is -2.00. The number of benzene rings is 1. The lowest BCUT2D eigenvalue weighted by atomic mass is 10.0. The maximum absolute atomic E-state index is 10.7. The molecule has 5 nitrogen and oxygen atoms in total. The summed E-state index contributed by atoms with van der Waals surface area (Å²) in [5, 5.41) is 8.81. The summed E-state index contributed by atoms with van der Waals surface area (Å²) in [7, 11) is 0. The van der Waals surface area contributed by atoms with Crippen LogP contribution in [0, 0.1) is 0 Å². The number of imidazole rings is 2. The van der Waals surface area contributed by atoms with Crippen LogP contribution in [0.25, 0.3) is 16.8 Å². The molecular weight excluding hydrogens is 242 g/mol. The normalized spacial score (nSPS) is 11.7. The van der Waals surface area contributed by atoms with E-state index in [1.165, 1.54) is 5.56 Å². The lowest BCUT2D eigenvalue weighted by Gasteiger charge is -2.05. The molecule has 2 heterocycles. The van der Waals surface area contributed by atoms with Gasteiger partial charge in [0.2, 0.25) is 5.78 Å². The number of aromatic nitrogens is 3. The molecule has 0 saturated carbocycles. The van der Waals surface area contributed by atoms with Crippen molar-refractivity contribution >= 4 is 22.8 Å². The number of carbonyl (C=O) groups is 1. The zero-order chi connectivity index (χ0) is 13.6. The number of nitrogens with one attached hydrogen (secondary N) is 1. The van der Waals surface area contributed by atoms with Crippen LogP contribution in [0.1, 0.15) is 31.0 Å². The molecule has 0 aliphatic rings. The molecule has 0 amide bonds. The fourth-order valence-electron chi connectivity index (χ4n) is 2.41. The number of carboxylic acids is 1. The van der Waals surface area contributed by atoms with E-state index in [0.717, 1.165) is 11.0 Å². The molecular formula is C14H15N3O2. The van der Waals surface area contributed by atoms with E-state index >= 15 is 0 Å². The number of nitrogens with zero attached hydrogens (tertiary/aromatic N) is 2. The topological polar surface area (TPSA) is 70.4 Å². The number of aliphatic carboxylic acids is 1. The number of rotatable bonds is 3. The average Bonchev–Trinajstić information content (AvgIpc) is 2.84.